The quantitative estimate of drug-likeness (QED) is 0.465. The van der Waals surface area contributed by atoms with Gasteiger partial charge in [0.05, 0.1) is 34.6 Å². The molecule has 3 heterocycles. The standard InChI is InChI=1S/C28H35N5O4S/c1-16-13-33(14-17(2)37-16)21-8-19(9-21)27(35)32-28-31-22-7-6-18(10-25(22)38-28)20-11-29-26(30-12-20)15-36-24-5-3-4-23(24)34/h6-7,10-12,16-17,19,21,23-24,34H,3-5,8-9,13-15H2,1-2H3,(H,31,32,35)/t16-,17+,19?,21?,23-,24-/m0/s1. The number of fused-ring (bicyclic) bond motifs is 1. The Morgan fingerprint density at radius 3 is 2.63 bits per heavy atom. The normalized spacial score (nSPS) is 29.9. The molecule has 202 valence electrons. The highest BCUT2D eigenvalue weighted by atomic mass is 32.1. The number of hydrogen-bond acceptors (Lipinski definition) is 9. The highest BCUT2D eigenvalue weighted by Crippen LogP contribution is 2.36. The summed E-state index contributed by atoms with van der Waals surface area (Å²) in [6.45, 7) is 6.41. The van der Waals surface area contributed by atoms with Crippen molar-refractivity contribution in [3.8, 4) is 11.1 Å². The summed E-state index contributed by atoms with van der Waals surface area (Å²) in [7, 11) is 0. The number of morpholine rings is 1. The number of rotatable bonds is 7. The SMILES string of the molecule is C[C@@H]1CN(C2CC(C(=O)Nc3nc4ccc(-c5cnc(CO[C@H]6CCC[C@@H]6O)nc5)cc4s3)C2)C[C@H](C)O1. The summed E-state index contributed by atoms with van der Waals surface area (Å²) in [6.07, 6.45) is 8.03. The first-order valence-electron chi connectivity index (χ1n) is 13.6. The largest absolute Gasteiger partial charge is 0.390 e. The van der Waals surface area contributed by atoms with E-state index in [9.17, 15) is 9.90 Å². The molecule has 3 fully saturated rings. The molecule has 2 aromatic heterocycles. The average molecular weight is 538 g/mol. The smallest absolute Gasteiger partial charge is 0.229 e. The van der Waals surface area contributed by atoms with E-state index in [1.807, 2.05) is 12.1 Å². The molecule has 1 amide bonds. The number of nitrogens with zero attached hydrogens (tertiary/aromatic N) is 4. The van der Waals surface area contributed by atoms with Gasteiger partial charge in [-0.3, -0.25) is 9.69 Å². The Morgan fingerprint density at radius 2 is 1.92 bits per heavy atom. The van der Waals surface area contributed by atoms with Crippen LogP contribution in [0.15, 0.2) is 30.6 Å². The first-order chi connectivity index (χ1) is 18.4. The first-order valence-corrected chi connectivity index (χ1v) is 14.4. The minimum absolute atomic E-state index is 0.0348. The van der Waals surface area contributed by atoms with Crippen molar-refractivity contribution in [2.45, 2.75) is 83.0 Å². The molecule has 0 spiro atoms. The van der Waals surface area contributed by atoms with Crippen LogP contribution in [0.2, 0.25) is 0 Å². The van der Waals surface area contributed by atoms with Crippen molar-refractivity contribution in [2.24, 2.45) is 5.92 Å². The summed E-state index contributed by atoms with van der Waals surface area (Å²) in [5.74, 6) is 0.700. The van der Waals surface area contributed by atoms with E-state index in [1.54, 1.807) is 12.4 Å². The predicted molar refractivity (Wildman–Crippen MR) is 146 cm³/mol. The predicted octanol–water partition coefficient (Wildman–Crippen LogP) is 4.01. The molecule has 38 heavy (non-hydrogen) atoms. The summed E-state index contributed by atoms with van der Waals surface area (Å²) < 4.78 is 12.6. The van der Waals surface area contributed by atoms with E-state index >= 15 is 0 Å². The van der Waals surface area contributed by atoms with E-state index in [-0.39, 0.29) is 36.2 Å². The molecule has 3 aliphatic rings. The highest BCUT2D eigenvalue weighted by molar-refractivity contribution is 7.22. The molecule has 4 atom stereocenters. The Hall–Kier alpha value is -2.50. The van der Waals surface area contributed by atoms with E-state index in [4.69, 9.17) is 9.47 Å². The summed E-state index contributed by atoms with van der Waals surface area (Å²) in [4.78, 5) is 28.9. The second-order valence-electron chi connectivity index (χ2n) is 11.0. The molecule has 9 nitrogen and oxygen atoms in total. The van der Waals surface area contributed by atoms with Crippen molar-refractivity contribution < 1.29 is 19.4 Å². The Bertz CT molecular complexity index is 1270. The van der Waals surface area contributed by atoms with Gasteiger partial charge >= 0.3 is 0 Å². The summed E-state index contributed by atoms with van der Waals surface area (Å²) in [5.41, 5.74) is 2.76. The van der Waals surface area contributed by atoms with Gasteiger partial charge in [-0.15, -0.1) is 0 Å². The van der Waals surface area contributed by atoms with Gasteiger partial charge in [-0.05, 0) is 63.6 Å². The molecule has 1 aromatic carbocycles. The van der Waals surface area contributed by atoms with Crippen LogP contribution in [0.1, 0.15) is 51.8 Å². The maximum absolute atomic E-state index is 12.9. The third kappa shape index (κ3) is 5.60. The lowest BCUT2D eigenvalue weighted by Gasteiger charge is -2.46. The first kappa shape index (κ1) is 25.8. The van der Waals surface area contributed by atoms with Gasteiger partial charge in [0, 0.05) is 43.0 Å². The van der Waals surface area contributed by atoms with Crippen molar-refractivity contribution in [3.05, 3.63) is 36.4 Å². The van der Waals surface area contributed by atoms with Crippen LogP contribution in [0.5, 0.6) is 0 Å². The fraction of sp³-hybridized carbons (Fsp3) is 0.571. The van der Waals surface area contributed by atoms with Crippen LogP contribution in [0.3, 0.4) is 0 Å². The summed E-state index contributed by atoms with van der Waals surface area (Å²) in [6, 6.07) is 6.49. The maximum atomic E-state index is 12.9. The molecule has 6 rings (SSSR count). The van der Waals surface area contributed by atoms with Crippen LogP contribution in [0.25, 0.3) is 21.3 Å². The van der Waals surface area contributed by atoms with E-state index in [2.05, 4.69) is 45.1 Å². The second-order valence-corrected chi connectivity index (χ2v) is 12.0. The van der Waals surface area contributed by atoms with Crippen LogP contribution in [-0.4, -0.2) is 74.4 Å². The Kier molecular flexibility index (Phi) is 7.41. The van der Waals surface area contributed by atoms with Crippen molar-refractivity contribution in [1.29, 1.82) is 0 Å². The second kappa shape index (κ2) is 10.9. The molecule has 1 saturated heterocycles. The van der Waals surface area contributed by atoms with Crippen LogP contribution in [0, 0.1) is 5.92 Å². The zero-order chi connectivity index (χ0) is 26.2. The molecule has 0 unspecified atom stereocenters. The molecular formula is C28H35N5O4S. The lowest BCUT2D eigenvalue weighted by atomic mass is 9.78. The lowest BCUT2D eigenvalue weighted by molar-refractivity contribution is -0.128. The number of benzene rings is 1. The van der Waals surface area contributed by atoms with Crippen molar-refractivity contribution >= 4 is 32.6 Å². The van der Waals surface area contributed by atoms with Gasteiger partial charge in [-0.25, -0.2) is 15.0 Å². The highest BCUT2D eigenvalue weighted by Gasteiger charge is 2.40. The number of carbonyl (C=O) groups excluding carboxylic acids is 1. The molecule has 2 aliphatic carbocycles. The average Bonchev–Trinajstić information content (AvgIpc) is 3.46. The summed E-state index contributed by atoms with van der Waals surface area (Å²) >= 11 is 1.49. The fourth-order valence-corrected chi connectivity index (χ4v) is 6.75. The fourth-order valence-electron chi connectivity index (χ4n) is 5.84. The van der Waals surface area contributed by atoms with Gasteiger partial charge in [0.25, 0.3) is 0 Å². The maximum Gasteiger partial charge on any atom is 0.229 e. The van der Waals surface area contributed by atoms with E-state index in [0.717, 1.165) is 66.5 Å². The number of aliphatic hydroxyl groups excluding tert-OH is 1. The third-order valence-corrected chi connectivity index (χ3v) is 8.88. The Balaban J connectivity index is 1.04. The van der Waals surface area contributed by atoms with Crippen LogP contribution in [0.4, 0.5) is 5.13 Å². The van der Waals surface area contributed by atoms with Crippen molar-refractivity contribution in [1.82, 2.24) is 19.9 Å². The molecule has 1 aliphatic heterocycles. The Labute approximate surface area is 226 Å². The topological polar surface area (TPSA) is 110 Å². The van der Waals surface area contributed by atoms with Gasteiger partial charge in [0.15, 0.2) is 11.0 Å². The number of aliphatic hydroxyl groups is 1. The van der Waals surface area contributed by atoms with Crippen molar-refractivity contribution in [3.63, 3.8) is 0 Å². The molecule has 0 bridgehead atoms. The number of hydrogen-bond donors (Lipinski definition) is 2. The number of thiazole rings is 1. The minimum Gasteiger partial charge on any atom is -0.390 e. The number of carbonyl (C=O) groups is 1. The number of ether oxygens (including phenoxy) is 2. The number of nitrogens with one attached hydrogen (secondary N) is 1. The molecule has 2 saturated carbocycles. The van der Waals surface area contributed by atoms with Gasteiger partial charge in [-0.1, -0.05) is 17.4 Å². The molecule has 3 aromatic rings. The van der Waals surface area contributed by atoms with Crippen molar-refractivity contribution in [2.75, 3.05) is 18.4 Å². The minimum atomic E-state index is -0.386. The molecule has 2 N–H and O–H groups in total. The molecular weight excluding hydrogens is 502 g/mol. The van der Waals surface area contributed by atoms with E-state index in [1.165, 1.54) is 11.3 Å². The zero-order valence-corrected chi connectivity index (χ0v) is 22.7. The Morgan fingerprint density at radius 1 is 1.16 bits per heavy atom. The van der Waals surface area contributed by atoms with Crippen LogP contribution >= 0.6 is 11.3 Å². The monoisotopic (exact) mass is 537 g/mol. The van der Waals surface area contributed by atoms with E-state index < -0.39 is 0 Å². The zero-order valence-electron chi connectivity index (χ0n) is 21.9. The molecule has 10 heteroatoms. The lowest BCUT2D eigenvalue weighted by Crippen LogP contribution is -2.55. The van der Waals surface area contributed by atoms with Crippen LogP contribution in [-0.2, 0) is 20.9 Å². The summed E-state index contributed by atoms with van der Waals surface area (Å²) in [5, 5.41) is 13.6. The van der Waals surface area contributed by atoms with Gasteiger partial charge < -0.3 is 19.9 Å². The number of amides is 1. The number of aromatic nitrogens is 3. The van der Waals surface area contributed by atoms with Gasteiger partial charge in [0.2, 0.25) is 5.91 Å². The van der Waals surface area contributed by atoms with E-state index in [0.29, 0.717) is 23.6 Å². The van der Waals surface area contributed by atoms with Crippen LogP contribution < -0.4 is 5.32 Å². The number of anilines is 1. The van der Waals surface area contributed by atoms with Gasteiger partial charge in [0.1, 0.15) is 6.61 Å². The van der Waals surface area contributed by atoms with Gasteiger partial charge in [-0.2, -0.15) is 0 Å². The molecule has 0 radical (unpaired) electrons. The third-order valence-electron chi connectivity index (χ3n) is 7.95.